The molecule has 1 fully saturated rings. The molecule has 2 N–H and O–H groups in total. The van der Waals surface area contributed by atoms with Gasteiger partial charge in [-0.15, -0.1) is 5.10 Å². The van der Waals surface area contributed by atoms with Crippen molar-refractivity contribution in [3.63, 3.8) is 0 Å². The normalized spacial score (nSPS) is 24.4. The number of aromatic nitrogens is 4. The van der Waals surface area contributed by atoms with E-state index in [0.717, 1.165) is 12.8 Å². The number of hydrogen-bond acceptors (Lipinski definition) is 4. The Kier molecular flexibility index (Phi) is 3.55. The minimum absolute atomic E-state index is 0.230. The lowest BCUT2D eigenvalue weighted by molar-refractivity contribution is 0.238. The fourth-order valence-electron chi connectivity index (χ4n) is 2.22. The summed E-state index contributed by atoms with van der Waals surface area (Å²) >= 11 is 0. The molecule has 7 heteroatoms. The SMILES string of the molecule is CC1CCCC(NC(=O)Nc2nnn(C)n2)C1. The van der Waals surface area contributed by atoms with Gasteiger partial charge in [0.05, 0.1) is 7.05 Å². The third kappa shape index (κ3) is 3.40. The van der Waals surface area contributed by atoms with Gasteiger partial charge in [-0.05, 0) is 24.0 Å². The molecule has 17 heavy (non-hydrogen) atoms. The van der Waals surface area contributed by atoms with E-state index in [2.05, 4.69) is 33.0 Å². The van der Waals surface area contributed by atoms with Crippen LogP contribution in [0.2, 0.25) is 0 Å². The molecule has 1 saturated carbocycles. The van der Waals surface area contributed by atoms with Gasteiger partial charge in [-0.3, -0.25) is 5.32 Å². The summed E-state index contributed by atoms with van der Waals surface area (Å²) < 4.78 is 0. The smallest absolute Gasteiger partial charge is 0.321 e. The molecular weight excluding hydrogens is 220 g/mol. The Labute approximate surface area is 100.0 Å². The molecule has 94 valence electrons. The number of aryl methyl sites for hydroxylation is 1. The molecule has 0 bridgehead atoms. The van der Waals surface area contributed by atoms with Gasteiger partial charge in [-0.25, -0.2) is 4.79 Å². The monoisotopic (exact) mass is 238 g/mol. The summed E-state index contributed by atoms with van der Waals surface area (Å²) in [5, 5.41) is 16.7. The van der Waals surface area contributed by atoms with Gasteiger partial charge in [0.15, 0.2) is 0 Å². The summed E-state index contributed by atoms with van der Waals surface area (Å²) in [6.07, 6.45) is 4.52. The van der Waals surface area contributed by atoms with E-state index in [4.69, 9.17) is 0 Å². The molecule has 2 amide bonds. The number of carbonyl (C=O) groups is 1. The predicted molar refractivity (Wildman–Crippen MR) is 62.4 cm³/mol. The van der Waals surface area contributed by atoms with E-state index in [1.54, 1.807) is 7.05 Å². The molecule has 7 nitrogen and oxygen atoms in total. The zero-order valence-corrected chi connectivity index (χ0v) is 10.2. The molecule has 2 rings (SSSR count). The van der Waals surface area contributed by atoms with Crippen LogP contribution in [0.5, 0.6) is 0 Å². The van der Waals surface area contributed by atoms with Gasteiger partial charge in [0.2, 0.25) is 0 Å². The van der Waals surface area contributed by atoms with Crippen molar-refractivity contribution >= 4 is 12.0 Å². The Morgan fingerprint density at radius 2 is 2.29 bits per heavy atom. The molecule has 1 aromatic heterocycles. The molecule has 1 aromatic rings. The molecule has 0 aromatic carbocycles. The van der Waals surface area contributed by atoms with Crippen LogP contribution in [-0.2, 0) is 7.05 Å². The van der Waals surface area contributed by atoms with Gasteiger partial charge in [0.25, 0.3) is 5.95 Å². The second-order valence-electron chi connectivity index (χ2n) is 4.67. The van der Waals surface area contributed by atoms with Crippen LogP contribution in [-0.4, -0.2) is 32.3 Å². The van der Waals surface area contributed by atoms with E-state index in [1.807, 2.05) is 0 Å². The van der Waals surface area contributed by atoms with Gasteiger partial charge >= 0.3 is 6.03 Å². The quantitative estimate of drug-likeness (QED) is 0.802. The van der Waals surface area contributed by atoms with Crippen molar-refractivity contribution in [2.24, 2.45) is 13.0 Å². The summed E-state index contributed by atoms with van der Waals surface area (Å²) in [5.41, 5.74) is 0. The highest BCUT2D eigenvalue weighted by Gasteiger charge is 2.20. The van der Waals surface area contributed by atoms with Crippen molar-refractivity contribution < 1.29 is 4.79 Å². The van der Waals surface area contributed by atoms with Crippen LogP contribution in [0.3, 0.4) is 0 Å². The van der Waals surface area contributed by atoms with E-state index in [0.29, 0.717) is 5.92 Å². The Morgan fingerprint density at radius 3 is 2.94 bits per heavy atom. The number of tetrazole rings is 1. The van der Waals surface area contributed by atoms with Crippen LogP contribution < -0.4 is 10.6 Å². The number of rotatable bonds is 2. The summed E-state index contributed by atoms with van der Waals surface area (Å²) in [6.45, 7) is 2.22. The van der Waals surface area contributed by atoms with Crippen molar-refractivity contribution in [1.82, 2.24) is 25.5 Å². The molecule has 1 aliphatic carbocycles. The van der Waals surface area contributed by atoms with E-state index in [1.165, 1.54) is 17.6 Å². The van der Waals surface area contributed by atoms with E-state index in [-0.39, 0.29) is 18.0 Å². The van der Waals surface area contributed by atoms with Crippen molar-refractivity contribution in [2.45, 2.75) is 38.6 Å². The molecule has 0 aliphatic heterocycles. The third-order valence-electron chi connectivity index (χ3n) is 3.01. The van der Waals surface area contributed by atoms with E-state index >= 15 is 0 Å². The first-order chi connectivity index (χ1) is 8.13. The fraction of sp³-hybridized carbons (Fsp3) is 0.800. The molecular formula is C10H18N6O. The Bertz CT molecular complexity index is 390. The average molecular weight is 238 g/mol. The summed E-state index contributed by atoms with van der Waals surface area (Å²) in [6, 6.07) is 0.00696. The molecule has 2 atom stereocenters. The lowest BCUT2D eigenvalue weighted by atomic mass is 9.87. The Morgan fingerprint density at radius 1 is 1.47 bits per heavy atom. The van der Waals surface area contributed by atoms with Crippen LogP contribution >= 0.6 is 0 Å². The maximum Gasteiger partial charge on any atom is 0.321 e. The molecule has 0 spiro atoms. The van der Waals surface area contributed by atoms with Crippen LogP contribution in [0.4, 0.5) is 10.7 Å². The van der Waals surface area contributed by atoms with Gasteiger partial charge in [0.1, 0.15) is 0 Å². The highest BCUT2D eigenvalue weighted by molar-refractivity contribution is 5.87. The predicted octanol–water partition coefficient (Wildman–Crippen LogP) is 0.910. The second-order valence-corrected chi connectivity index (χ2v) is 4.67. The largest absolute Gasteiger partial charge is 0.335 e. The third-order valence-corrected chi connectivity index (χ3v) is 3.01. The zero-order chi connectivity index (χ0) is 12.3. The topological polar surface area (TPSA) is 84.7 Å². The van der Waals surface area contributed by atoms with Crippen LogP contribution in [0.25, 0.3) is 0 Å². The number of carbonyl (C=O) groups excluding carboxylic acids is 1. The number of anilines is 1. The van der Waals surface area contributed by atoms with Crippen LogP contribution in [0.15, 0.2) is 0 Å². The lowest BCUT2D eigenvalue weighted by Crippen LogP contribution is -2.40. The first-order valence-corrected chi connectivity index (χ1v) is 5.95. The molecule has 0 radical (unpaired) electrons. The van der Waals surface area contributed by atoms with Crippen LogP contribution in [0, 0.1) is 5.92 Å². The average Bonchev–Trinajstić information content (AvgIpc) is 2.63. The summed E-state index contributed by atoms with van der Waals surface area (Å²) in [7, 11) is 1.65. The van der Waals surface area contributed by atoms with Crippen molar-refractivity contribution in [3.05, 3.63) is 0 Å². The van der Waals surface area contributed by atoms with Gasteiger partial charge in [0, 0.05) is 6.04 Å². The van der Waals surface area contributed by atoms with Gasteiger partial charge in [-0.2, -0.15) is 4.80 Å². The maximum atomic E-state index is 11.7. The zero-order valence-electron chi connectivity index (χ0n) is 10.2. The van der Waals surface area contributed by atoms with Crippen molar-refractivity contribution in [1.29, 1.82) is 0 Å². The molecule has 0 saturated heterocycles. The first kappa shape index (κ1) is 11.8. The molecule has 1 aliphatic rings. The summed E-state index contributed by atoms with van der Waals surface area (Å²) in [4.78, 5) is 13.0. The van der Waals surface area contributed by atoms with Crippen molar-refractivity contribution in [3.8, 4) is 0 Å². The van der Waals surface area contributed by atoms with Gasteiger partial charge in [-0.1, -0.05) is 24.9 Å². The number of amides is 2. The summed E-state index contributed by atoms with van der Waals surface area (Å²) in [5.74, 6) is 0.914. The Balaban J connectivity index is 1.80. The Hall–Kier alpha value is -1.66. The molecule has 2 unspecified atom stereocenters. The van der Waals surface area contributed by atoms with E-state index in [9.17, 15) is 4.79 Å². The van der Waals surface area contributed by atoms with Crippen LogP contribution in [0.1, 0.15) is 32.6 Å². The lowest BCUT2D eigenvalue weighted by Gasteiger charge is -2.27. The van der Waals surface area contributed by atoms with Gasteiger partial charge < -0.3 is 5.32 Å². The number of urea groups is 1. The maximum absolute atomic E-state index is 11.7. The van der Waals surface area contributed by atoms with E-state index < -0.39 is 0 Å². The van der Waals surface area contributed by atoms with Crippen molar-refractivity contribution in [2.75, 3.05) is 5.32 Å². The first-order valence-electron chi connectivity index (χ1n) is 5.95. The number of nitrogens with one attached hydrogen (secondary N) is 2. The fourth-order valence-corrected chi connectivity index (χ4v) is 2.22. The standard InChI is InChI=1S/C10H18N6O/c1-7-4-3-5-8(6-7)11-10(17)12-9-13-15-16(2)14-9/h7-8H,3-6H2,1-2H3,(H2,11,12,14,17). The number of hydrogen-bond donors (Lipinski definition) is 2. The highest BCUT2D eigenvalue weighted by Crippen LogP contribution is 2.23. The molecule has 1 heterocycles. The minimum Gasteiger partial charge on any atom is -0.335 e. The second kappa shape index (κ2) is 5.11. The highest BCUT2D eigenvalue weighted by atomic mass is 16.2. The number of nitrogens with zero attached hydrogens (tertiary/aromatic N) is 4. The minimum atomic E-state index is -0.253.